The molecule has 1 rings (SSSR count). The average Bonchev–Trinajstić information content (AvgIpc) is 2.37. The summed E-state index contributed by atoms with van der Waals surface area (Å²) in [6.07, 6.45) is 0. The van der Waals surface area contributed by atoms with Gasteiger partial charge in [-0.1, -0.05) is 22.6 Å². The van der Waals surface area contributed by atoms with Crippen LogP contribution < -0.4 is 5.32 Å². The first-order valence-corrected chi connectivity index (χ1v) is 6.98. The van der Waals surface area contributed by atoms with Gasteiger partial charge in [0.2, 0.25) is 0 Å². The van der Waals surface area contributed by atoms with Gasteiger partial charge in [0.15, 0.2) is 0 Å². The quantitative estimate of drug-likeness (QED) is 0.437. The van der Waals surface area contributed by atoms with Crippen molar-refractivity contribution in [2.24, 2.45) is 0 Å². The van der Waals surface area contributed by atoms with Gasteiger partial charge in [0, 0.05) is 12.1 Å². The van der Waals surface area contributed by atoms with Gasteiger partial charge in [-0.2, -0.15) is 0 Å². The predicted octanol–water partition coefficient (Wildman–Crippen LogP) is 1.86. The molecule has 0 aliphatic carbocycles. The Morgan fingerprint density at radius 1 is 1.56 bits per heavy atom. The lowest BCUT2D eigenvalue weighted by molar-refractivity contribution is -0.139. The summed E-state index contributed by atoms with van der Waals surface area (Å²) < 4.78 is 4.61. The molecule has 0 bridgehead atoms. The minimum absolute atomic E-state index is 0.0124. The molecule has 0 aliphatic heterocycles. The first kappa shape index (κ1) is 15.2. The fourth-order valence-electron chi connectivity index (χ4n) is 1.15. The lowest BCUT2D eigenvalue weighted by Gasteiger charge is -2.09. The lowest BCUT2D eigenvalue weighted by Crippen LogP contribution is -2.33. The number of rotatable bonds is 4. The Morgan fingerprint density at radius 2 is 2.22 bits per heavy atom. The number of methoxy groups -OCH3 is 1. The van der Waals surface area contributed by atoms with Crippen LogP contribution in [-0.4, -0.2) is 34.6 Å². The number of phenolic OH excluding ortho intramolecular Hbond substituents is 1. The van der Waals surface area contributed by atoms with E-state index < -0.39 is 9.89 Å². The Hall–Kier alpha value is -0.830. The number of aromatic hydroxyl groups is 1. The van der Waals surface area contributed by atoms with E-state index in [9.17, 15) is 14.7 Å². The fourth-order valence-corrected chi connectivity index (χ4v) is 1.87. The monoisotopic (exact) mass is 427 g/mol. The second kappa shape index (κ2) is 6.93. The highest BCUT2D eigenvalue weighted by Gasteiger charge is 2.16. The van der Waals surface area contributed by atoms with Gasteiger partial charge in [0.05, 0.1) is 11.6 Å². The molecular weight excluding hydrogens is 417 g/mol. The van der Waals surface area contributed by atoms with E-state index in [1.807, 2.05) is 22.6 Å². The first-order chi connectivity index (χ1) is 8.45. The van der Waals surface area contributed by atoms with Crippen molar-refractivity contribution in [1.29, 1.82) is 0 Å². The van der Waals surface area contributed by atoms with Crippen LogP contribution in [-0.2, 0) is 9.53 Å². The number of alkyl halides is 1. The van der Waals surface area contributed by atoms with Crippen molar-refractivity contribution in [3.05, 3.63) is 28.2 Å². The summed E-state index contributed by atoms with van der Waals surface area (Å²) in [5.74, 6) is -0.764. The zero-order chi connectivity index (χ0) is 13.7. The van der Waals surface area contributed by atoms with Gasteiger partial charge in [-0.15, -0.1) is 0 Å². The SMILES string of the molecule is COC(=O)C(I)CNC(=O)c1ccc(Br)c(O)c1. The highest BCUT2D eigenvalue weighted by Crippen LogP contribution is 2.24. The lowest BCUT2D eigenvalue weighted by atomic mass is 10.2. The van der Waals surface area contributed by atoms with Crippen LogP contribution in [0.1, 0.15) is 10.4 Å². The topological polar surface area (TPSA) is 75.6 Å². The molecule has 2 N–H and O–H groups in total. The molecular formula is C11H11BrINO4. The zero-order valence-corrected chi connectivity index (χ0v) is 13.2. The van der Waals surface area contributed by atoms with E-state index in [1.54, 1.807) is 12.1 Å². The number of phenols is 1. The molecule has 0 aromatic heterocycles. The number of carbonyl (C=O) groups excluding carboxylic acids is 2. The standard InChI is InChI=1S/C11H11BrINO4/c1-18-11(17)8(13)5-14-10(16)6-2-3-7(12)9(15)4-6/h2-4,8,15H,5H2,1H3,(H,14,16). The van der Waals surface area contributed by atoms with E-state index >= 15 is 0 Å². The first-order valence-electron chi connectivity index (χ1n) is 4.94. The number of esters is 1. The molecule has 1 aromatic rings. The maximum absolute atomic E-state index is 11.7. The molecule has 98 valence electrons. The Kier molecular flexibility index (Phi) is 5.86. The third-order valence-electron chi connectivity index (χ3n) is 2.11. The van der Waals surface area contributed by atoms with Gasteiger partial charge in [-0.3, -0.25) is 9.59 Å². The summed E-state index contributed by atoms with van der Waals surface area (Å²) in [5, 5.41) is 12.0. The van der Waals surface area contributed by atoms with Gasteiger partial charge in [0.1, 0.15) is 9.67 Å². The van der Waals surface area contributed by atoms with Gasteiger partial charge in [-0.25, -0.2) is 0 Å². The number of amides is 1. The summed E-state index contributed by atoms with van der Waals surface area (Å²) in [6, 6.07) is 4.49. The van der Waals surface area contributed by atoms with E-state index in [4.69, 9.17) is 0 Å². The third kappa shape index (κ3) is 4.13. The number of nitrogens with one attached hydrogen (secondary N) is 1. The summed E-state index contributed by atoms with van der Waals surface area (Å²) in [6.45, 7) is 0.170. The van der Waals surface area contributed by atoms with Crippen LogP contribution in [0.4, 0.5) is 0 Å². The number of halogens is 2. The van der Waals surface area contributed by atoms with E-state index in [0.717, 1.165) is 0 Å². The molecule has 0 radical (unpaired) electrons. The second-order valence-corrected chi connectivity index (χ2v) is 5.72. The molecule has 0 saturated heterocycles. The van der Waals surface area contributed by atoms with E-state index in [-0.39, 0.29) is 18.2 Å². The number of benzene rings is 1. The molecule has 0 aliphatic rings. The van der Waals surface area contributed by atoms with Crippen molar-refractivity contribution < 1.29 is 19.4 Å². The van der Waals surface area contributed by atoms with E-state index in [1.165, 1.54) is 13.2 Å². The molecule has 0 heterocycles. The molecule has 0 fully saturated rings. The number of hydrogen-bond acceptors (Lipinski definition) is 4. The van der Waals surface area contributed by atoms with Gasteiger partial charge in [0.25, 0.3) is 5.91 Å². The molecule has 1 unspecified atom stereocenters. The maximum Gasteiger partial charge on any atom is 0.320 e. The van der Waals surface area contributed by atoms with E-state index in [0.29, 0.717) is 10.0 Å². The van der Waals surface area contributed by atoms with Gasteiger partial charge < -0.3 is 15.2 Å². The van der Waals surface area contributed by atoms with Crippen LogP contribution in [0.3, 0.4) is 0 Å². The van der Waals surface area contributed by atoms with Crippen molar-refractivity contribution in [1.82, 2.24) is 5.32 Å². The molecule has 1 atom stereocenters. The molecule has 1 aromatic carbocycles. The van der Waals surface area contributed by atoms with Gasteiger partial charge >= 0.3 is 5.97 Å². The van der Waals surface area contributed by atoms with Crippen molar-refractivity contribution >= 4 is 50.4 Å². The summed E-state index contributed by atoms with van der Waals surface area (Å²) >= 11 is 5.01. The van der Waals surface area contributed by atoms with Crippen LogP contribution in [0.25, 0.3) is 0 Å². The molecule has 1 amide bonds. The normalized spacial score (nSPS) is 11.7. The molecule has 0 spiro atoms. The van der Waals surface area contributed by atoms with Crippen molar-refractivity contribution in [3.63, 3.8) is 0 Å². The Labute approximate surface area is 126 Å². The Morgan fingerprint density at radius 3 is 2.78 bits per heavy atom. The minimum atomic E-state index is -0.444. The Balaban J connectivity index is 2.60. The number of carbonyl (C=O) groups is 2. The minimum Gasteiger partial charge on any atom is -0.507 e. The second-order valence-electron chi connectivity index (χ2n) is 3.37. The Bertz CT molecular complexity index is 466. The van der Waals surface area contributed by atoms with Crippen LogP contribution in [0.15, 0.2) is 22.7 Å². The smallest absolute Gasteiger partial charge is 0.320 e. The van der Waals surface area contributed by atoms with Crippen molar-refractivity contribution in [2.45, 2.75) is 3.92 Å². The molecule has 0 saturated carbocycles. The highest BCUT2D eigenvalue weighted by molar-refractivity contribution is 14.1. The van der Waals surface area contributed by atoms with Crippen LogP contribution in [0.2, 0.25) is 0 Å². The summed E-state index contributed by atoms with van der Waals surface area (Å²) in [7, 11) is 1.29. The van der Waals surface area contributed by atoms with Crippen LogP contribution >= 0.6 is 38.5 Å². The average molecular weight is 428 g/mol. The van der Waals surface area contributed by atoms with Gasteiger partial charge in [-0.05, 0) is 34.1 Å². The predicted molar refractivity (Wildman–Crippen MR) is 78.0 cm³/mol. The third-order valence-corrected chi connectivity index (χ3v) is 3.73. The largest absolute Gasteiger partial charge is 0.507 e. The van der Waals surface area contributed by atoms with Crippen LogP contribution in [0.5, 0.6) is 5.75 Å². The molecule has 7 heteroatoms. The summed E-state index contributed by atoms with van der Waals surface area (Å²) in [5.41, 5.74) is 0.323. The summed E-state index contributed by atoms with van der Waals surface area (Å²) in [4.78, 5) is 22.9. The number of ether oxygens (including phenoxy) is 1. The highest BCUT2D eigenvalue weighted by atomic mass is 127. The zero-order valence-electron chi connectivity index (χ0n) is 9.44. The fraction of sp³-hybridized carbons (Fsp3) is 0.273. The maximum atomic E-state index is 11.7. The van der Waals surface area contributed by atoms with E-state index in [2.05, 4.69) is 26.0 Å². The molecule has 18 heavy (non-hydrogen) atoms. The van der Waals surface area contributed by atoms with Crippen molar-refractivity contribution in [3.8, 4) is 5.75 Å². The molecule has 5 nitrogen and oxygen atoms in total. The van der Waals surface area contributed by atoms with Crippen LogP contribution in [0, 0.1) is 0 Å². The van der Waals surface area contributed by atoms with Crippen molar-refractivity contribution in [2.75, 3.05) is 13.7 Å². The number of hydrogen-bond donors (Lipinski definition) is 2.